The Hall–Kier alpha value is -1.63. The first-order valence-electron chi connectivity index (χ1n) is 9.53. The molecule has 0 amide bonds. The number of nitrogens with zero attached hydrogens (tertiary/aromatic N) is 4. The van der Waals surface area contributed by atoms with Crippen molar-refractivity contribution in [2.75, 3.05) is 13.1 Å². The van der Waals surface area contributed by atoms with Crippen LogP contribution in [0, 0.1) is 11.8 Å². The van der Waals surface area contributed by atoms with Crippen LogP contribution in [-0.4, -0.2) is 37.7 Å². The number of halogens is 1. The monoisotopic (exact) mass is 404 g/mol. The van der Waals surface area contributed by atoms with Gasteiger partial charge in [0, 0.05) is 24.5 Å². The largest absolute Gasteiger partial charge is 0.492 e. The zero-order valence-corrected chi connectivity index (χ0v) is 17.5. The molecule has 0 bridgehead atoms. The van der Waals surface area contributed by atoms with E-state index in [0.29, 0.717) is 16.9 Å². The fourth-order valence-corrected chi connectivity index (χ4v) is 5.58. The van der Waals surface area contributed by atoms with Crippen LogP contribution in [0.1, 0.15) is 49.5 Å². The van der Waals surface area contributed by atoms with E-state index >= 15 is 0 Å². The van der Waals surface area contributed by atoms with Gasteiger partial charge in [-0.05, 0) is 36.0 Å². The number of likely N-dealkylation sites (tertiary alicyclic amines) is 1. The topological polar surface area (TPSA) is 53.7 Å². The van der Waals surface area contributed by atoms with Crippen LogP contribution in [0.25, 0.3) is 4.96 Å². The predicted octanol–water partition coefficient (Wildman–Crippen LogP) is 4.78. The van der Waals surface area contributed by atoms with Gasteiger partial charge >= 0.3 is 0 Å². The van der Waals surface area contributed by atoms with Gasteiger partial charge in [-0.3, -0.25) is 4.90 Å². The molecule has 1 saturated heterocycles. The lowest BCUT2D eigenvalue weighted by Gasteiger charge is -2.40. The lowest BCUT2D eigenvalue weighted by atomic mass is 9.89. The van der Waals surface area contributed by atoms with Gasteiger partial charge in [0.05, 0.1) is 10.9 Å². The van der Waals surface area contributed by atoms with Crippen LogP contribution < -0.4 is 0 Å². The van der Waals surface area contributed by atoms with E-state index in [1.807, 2.05) is 25.1 Å². The maximum atomic E-state index is 11.0. The average molecular weight is 405 g/mol. The standard InChI is InChI=1S/C20H25ClN4OS/c1-4-16-22-20-25(23-16)19(26)18(27-20)17(14-6-5-7-15(21)9-14)24-10-12(2)8-13(3)11-24/h5-7,9,12-13,17,26H,4,8,10-11H2,1-3H3/t12-,13-,17+/m0/s1. The summed E-state index contributed by atoms with van der Waals surface area (Å²) in [6, 6.07) is 7.91. The first-order valence-corrected chi connectivity index (χ1v) is 10.7. The van der Waals surface area contributed by atoms with E-state index in [1.165, 1.54) is 17.8 Å². The number of thiazole rings is 1. The number of hydrogen-bond acceptors (Lipinski definition) is 5. The molecule has 144 valence electrons. The number of benzene rings is 1. The SMILES string of the molecule is CCc1nc2sc([C@@H](c3cccc(Cl)c3)N3C[C@@H](C)C[C@H](C)C3)c(O)n2n1. The molecule has 0 saturated carbocycles. The van der Waals surface area contributed by atoms with Gasteiger partial charge in [0.2, 0.25) is 10.8 Å². The lowest BCUT2D eigenvalue weighted by Crippen LogP contribution is -2.41. The molecule has 1 aliphatic rings. The number of piperidine rings is 1. The minimum atomic E-state index is -0.0486. The molecule has 4 rings (SSSR count). The molecule has 7 heteroatoms. The maximum absolute atomic E-state index is 11.0. The third kappa shape index (κ3) is 3.58. The van der Waals surface area contributed by atoms with Crippen LogP contribution in [0.3, 0.4) is 0 Å². The van der Waals surface area contributed by atoms with Crippen molar-refractivity contribution in [1.29, 1.82) is 0 Å². The number of aromatic hydroxyl groups is 1. The van der Waals surface area contributed by atoms with Crippen LogP contribution in [-0.2, 0) is 6.42 Å². The van der Waals surface area contributed by atoms with Gasteiger partial charge in [-0.2, -0.15) is 4.52 Å². The van der Waals surface area contributed by atoms with Gasteiger partial charge in [-0.15, -0.1) is 5.10 Å². The van der Waals surface area contributed by atoms with Gasteiger partial charge in [0.25, 0.3) is 0 Å². The average Bonchev–Trinajstić information content (AvgIpc) is 3.14. The molecule has 1 fully saturated rings. The summed E-state index contributed by atoms with van der Waals surface area (Å²) in [5.74, 6) is 2.18. The molecule has 0 aliphatic carbocycles. The van der Waals surface area contributed by atoms with E-state index in [9.17, 15) is 5.11 Å². The van der Waals surface area contributed by atoms with Gasteiger partial charge < -0.3 is 5.11 Å². The van der Waals surface area contributed by atoms with Crippen LogP contribution in [0.15, 0.2) is 24.3 Å². The first kappa shape index (κ1) is 18.7. The quantitative estimate of drug-likeness (QED) is 0.679. The fourth-order valence-electron chi connectivity index (χ4n) is 4.25. The molecule has 5 nitrogen and oxygen atoms in total. The molecule has 3 atom stereocenters. The first-order chi connectivity index (χ1) is 13.0. The van der Waals surface area contributed by atoms with E-state index in [1.54, 1.807) is 4.52 Å². The molecule has 3 aromatic rings. The summed E-state index contributed by atoms with van der Waals surface area (Å²) in [7, 11) is 0. The number of aryl methyl sites for hydroxylation is 1. The Labute approximate surface area is 168 Å². The van der Waals surface area contributed by atoms with Gasteiger partial charge in [0.15, 0.2) is 5.82 Å². The van der Waals surface area contributed by atoms with Crippen molar-refractivity contribution in [3.05, 3.63) is 45.6 Å². The van der Waals surface area contributed by atoms with E-state index in [4.69, 9.17) is 11.6 Å². The summed E-state index contributed by atoms with van der Waals surface area (Å²) < 4.78 is 1.58. The molecule has 3 heterocycles. The van der Waals surface area contributed by atoms with Gasteiger partial charge in [0.1, 0.15) is 0 Å². The Balaban J connectivity index is 1.82. The fraction of sp³-hybridized carbons (Fsp3) is 0.500. The number of aromatic nitrogens is 3. The number of fused-ring (bicyclic) bond motifs is 1. The summed E-state index contributed by atoms with van der Waals surface area (Å²) in [5.41, 5.74) is 1.10. The van der Waals surface area contributed by atoms with Crippen molar-refractivity contribution in [3.63, 3.8) is 0 Å². The summed E-state index contributed by atoms with van der Waals surface area (Å²) in [4.78, 5) is 8.64. The van der Waals surface area contributed by atoms with E-state index in [2.05, 4.69) is 34.9 Å². The normalized spacial score (nSPS) is 22.4. The van der Waals surface area contributed by atoms with Gasteiger partial charge in [-0.25, -0.2) is 4.98 Å². The highest BCUT2D eigenvalue weighted by atomic mass is 35.5. The van der Waals surface area contributed by atoms with Crippen molar-refractivity contribution in [1.82, 2.24) is 19.5 Å². The summed E-state index contributed by atoms with van der Waals surface area (Å²) in [5, 5.41) is 16.1. The van der Waals surface area contributed by atoms with Crippen LogP contribution in [0.4, 0.5) is 0 Å². The zero-order chi connectivity index (χ0) is 19.1. The van der Waals surface area contributed by atoms with Crippen molar-refractivity contribution in [3.8, 4) is 5.88 Å². The summed E-state index contributed by atoms with van der Waals surface area (Å²) in [6.45, 7) is 8.61. The van der Waals surface area contributed by atoms with Crippen LogP contribution in [0.5, 0.6) is 5.88 Å². The maximum Gasteiger partial charge on any atom is 0.230 e. The molecule has 0 unspecified atom stereocenters. The Morgan fingerprint density at radius 2 is 2.04 bits per heavy atom. The third-order valence-corrected chi connectivity index (χ3v) is 6.54. The van der Waals surface area contributed by atoms with E-state index in [-0.39, 0.29) is 11.9 Å². The highest BCUT2D eigenvalue weighted by Crippen LogP contribution is 2.42. The van der Waals surface area contributed by atoms with Crippen molar-refractivity contribution < 1.29 is 5.11 Å². The molecular weight excluding hydrogens is 380 g/mol. The lowest BCUT2D eigenvalue weighted by molar-refractivity contribution is 0.112. The smallest absolute Gasteiger partial charge is 0.230 e. The minimum Gasteiger partial charge on any atom is -0.492 e. The predicted molar refractivity (Wildman–Crippen MR) is 110 cm³/mol. The molecule has 0 spiro atoms. The molecular formula is C20H25ClN4OS. The summed E-state index contributed by atoms with van der Waals surface area (Å²) >= 11 is 7.82. The molecule has 0 radical (unpaired) electrons. The molecule has 1 aliphatic heterocycles. The van der Waals surface area contributed by atoms with Crippen molar-refractivity contribution in [2.24, 2.45) is 11.8 Å². The molecule has 1 N–H and O–H groups in total. The van der Waals surface area contributed by atoms with E-state index in [0.717, 1.165) is 40.7 Å². The molecule has 2 aromatic heterocycles. The second-order valence-electron chi connectivity index (χ2n) is 7.72. The van der Waals surface area contributed by atoms with Crippen LogP contribution >= 0.6 is 22.9 Å². The number of rotatable bonds is 4. The second-order valence-corrected chi connectivity index (χ2v) is 9.17. The third-order valence-electron chi connectivity index (χ3n) is 5.23. The molecule has 27 heavy (non-hydrogen) atoms. The highest BCUT2D eigenvalue weighted by molar-refractivity contribution is 7.17. The highest BCUT2D eigenvalue weighted by Gasteiger charge is 2.33. The zero-order valence-electron chi connectivity index (χ0n) is 15.9. The Bertz CT molecular complexity index is 943. The summed E-state index contributed by atoms with van der Waals surface area (Å²) in [6.07, 6.45) is 1.99. The van der Waals surface area contributed by atoms with Crippen molar-refractivity contribution in [2.45, 2.75) is 39.7 Å². The Kier molecular flexibility index (Phi) is 5.14. The second kappa shape index (κ2) is 7.41. The van der Waals surface area contributed by atoms with E-state index < -0.39 is 0 Å². The minimum absolute atomic E-state index is 0.0486. The Morgan fingerprint density at radius 3 is 2.67 bits per heavy atom. The van der Waals surface area contributed by atoms with Gasteiger partial charge in [-0.1, -0.05) is 55.8 Å². The Morgan fingerprint density at radius 1 is 1.30 bits per heavy atom. The van der Waals surface area contributed by atoms with Crippen molar-refractivity contribution >= 4 is 27.9 Å². The number of hydrogen-bond donors (Lipinski definition) is 1. The van der Waals surface area contributed by atoms with Crippen LogP contribution in [0.2, 0.25) is 5.02 Å². The molecule has 1 aromatic carbocycles.